The van der Waals surface area contributed by atoms with E-state index in [1.165, 1.54) is 0 Å². The zero-order chi connectivity index (χ0) is 21.0. The molecular formula is C22H44O2Si2. The van der Waals surface area contributed by atoms with Gasteiger partial charge in [-0.15, -0.1) is 18.9 Å². The highest BCUT2D eigenvalue weighted by Crippen LogP contribution is 2.41. The maximum absolute atomic E-state index is 6.76. The molecule has 0 spiro atoms. The lowest BCUT2D eigenvalue weighted by atomic mass is 9.91. The SMILES string of the molecule is C#CC[C@@H](O[Si](C)(C)C(C)(C)C)[C@H](CC)[C@@H](C=C)O[Si](C)(C)C(C)(C)C. The van der Waals surface area contributed by atoms with Crippen molar-refractivity contribution < 1.29 is 8.85 Å². The van der Waals surface area contributed by atoms with Gasteiger partial charge in [0, 0.05) is 12.3 Å². The monoisotopic (exact) mass is 396 g/mol. The largest absolute Gasteiger partial charge is 0.413 e. The van der Waals surface area contributed by atoms with Gasteiger partial charge in [-0.1, -0.05) is 54.5 Å². The van der Waals surface area contributed by atoms with Crippen LogP contribution in [0.15, 0.2) is 12.7 Å². The molecule has 0 aliphatic rings. The molecule has 0 N–H and O–H groups in total. The molecule has 0 amide bonds. The molecule has 0 saturated carbocycles. The van der Waals surface area contributed by atoms with E-state index in [0.717, 1.165) is 6.42 Å². The van der Waals surface area contributed by atoms with Crippen LogP contribution in [0.4, 0.5) is 0 Å². The third-order valence-corrected chi connectivity index (χ3v) is 15.4. The summed E-state index contributed by atoms with van der Waals surface area (Å²) in [6.07, 6.45) is 9.26. The van der Waals surface area contributed by atoms with Gasteiger partial charge in [0.15, 0.2) is 16.6 Å². The summed E-state index contributed by atoms with van der Waals surface area (Å²) in [6.45, 7) is 29.1. The number of terminal acetylenes is 1. The van der Waals surface area contributed by atoms with Gasteiger partial charge >= 0.3 is 0 Å². The van der Waals surface area contributed by atoms with Gasteiger partial charge < -0.3 is 8.85 Å². The summed E-state index contributed by atoms with van der Waals surface area (Å²) in [5.74, 6) is 3.08. The highest BCUT2D eigenvalue weighted by Gasteiger charge is 2.44. The van der Waals surface area contributed by atoms with Crippen molar-refractivity contribution in [1.82, 2.24) is 0 Å². The molecule has 0 aliphatic carbocycles. The molecule has 0 aromatic carbocycles. The molecule has 0 heterocycles. The second-order valence-corrected chi connectivity index (χ2v) is 20.0. The summed E-state index contributed by atoms with van der Waals surface area (Å²) in [5, 5.41) is 0.316. The first-order valence-corrected chi connectivity index (χ1v) is 15.8. The number of rotatable bonds is 9. The minimum atomic E-state index is -1.91. The molecule has 26 heavy (non-hydrogen) atoms. The molecule has 152 valence electrons. The Balaban J connectivity index is 5.68. The molecule has 0 bridgehead atoms. The van der Waals surface area contributed by atoms with Crippen LogP contribution in [0, 0.1) is 18.3 Å². The van der Waals surface area contributed by atoms with Crippen molar-refractivity contribution in [2.24, 2.45) is 5.92 Å². The van der Waals surface area contributed by atoms with Gasteiger partial charge in [0.2, 0.25) is 0 Å². The molecule has 0 radical (unpaired) electrons. The minimum absolute atomic E-state index is 0.0126. The maximum atomic E-state index is 6.76. The second kappa shape index (κ2) is 9.23. The van der Waals surface area contributed by atoms with E-state index >= 15 is 0 Å². The van der Waals surface area contributed by atoms with Gasteiger partial charge in [-0.3, -0.25) is 0 Å². The van der Waals surface area contributed by atoms with Crippen LogP contribution in [0.5, 0.6) is 0 Å². The molecule has 0 saturated heterocycles. The molecular weight excluding hydrogens is 352 g/mol. The van der Waals surface area contributed by atoms with Crippen LogP contribution in [0.25, 0.3) is 0 Å². The fraction of sp³-hybridized carbons (Fsp3) is 0.818. The summed E-state index contributed by atoms with van der Waals surface area (Å²) in [6, 6.07) is 0. The van der Waals surface area contributed by atoms with Crippen molar-refractivity contribution in [3.8, 4) is 12.3 Å². The first-order valence-electron chi connectivity index (χ1n) is 9.95. The summed E-state index contributed by atoms with van der Waals surface area (Å²) in [7, 11) is -3.81. The Morgan fingerprint density at radius 1 is 0.962 bits per heavy atom. The van der Waals surface area contributed by atoms with Gasteiger partial charge in [-0.05, 0) is 42.7 Å². The number of hydrogen-bond acceptors (Lipinski definition) is 2. The lowest BCUT2D eigenvalue weighted by molar-refractivity contribution is 0.0483. The van der Waals surface area contributed by atoms with Gasteiger partial charge in [-0.25, -0.2) is 0 Å². The van der Waals surface area contributed by atoms with Crippen molar-refractivity contribution >= 4 is 16.6 Å². The van der Waals surface area contributed by atoms with E-state index in [0.29, 0.717) is 6.42 Å². The average molecular weight is 397 g/mol. The summed E-state index contributed by atoms with van der Waals surface area (Å²) < 4.78 is 13.5. The molecule has 0 unspecified atom stereocenters. The lowest BCUT2D eigenvalue weighted by Gasteiger charge is -2.45. The Hall–Kier alpha value is -0.346. The van der Waals surface area contributed by atoms with E-state index in [2.05, 4.69) is 87.2 Å². The van der Waals surface area contributed by atoms with E-state index in [9.17, 15) is 0 Å². The standard InChI is InChI=1S/C22H44O2Si2/c1-14-17-20(24-26(12,13)22(7,8)9)18(15-2)19(16-3)23-25(10,11)21(4,5)6/h1,16,18-20H,3,15,17H2,2,4-13H3/t18-,19-,20-/m1/s1. The Morgan fingerprint density at radius 2 is 1.38 bits per heavy atom. The Kier molecular flexibility index (Phi) is 9.11. The molecule has 0 fully saturated rings. The third-order valence-electron chi connectivity index (χ3n) is 6.41. The molecule has 0 aromatic heterocycles. The normalized spacial score (nSPS) is 17.3. The summed E-state index contributed by atoms with van der Waals surface area (Å²) in [5.41, 5.74) is 0. The molecule has 2 nitrogen and oxygen atoms in total. The predicted octanol–water partition coefficient (Wildman–Crippen LogP) is 7.00. The van der Waals surface area contributed by atoms with Crippen LogP contribution in [0.3, 0.4) is 0 Å². The highest BCUT2D eigenvalue weighted by atomic mass is 28.4. The molecule has 4 heteroatoms. The van der Waals surface area contributed by atoms with Crippen molar-refractivity contribution in [3.05, 3.63) is 12.7 Å². The van der Waals surface area contributed by atoms with Crippen LogP contribution in [0.2, 0.25) is 36.3 Å². The zero-order valence-corrected chi connectivity index (χ0v) is 21.3. The van der Waals surface area contributed by atoms with E-state index in [1.807, 2.05) is 6.08 Å². The van der Waals surface area contributed by atoms with Crippen LogP contribution in [-0.4, -0.2) is 28.8 Å². The fourth-order valence-corrected chi connectivity index (χ4v) is 5.16. The number of hydrogen-bond donors (Lipinski definition) is 0. The quantitative estimate of drug-likeness (QED) is 0.237. The van der Waals surface area contributed by atoms with Crippen molar-refractivity contribution in [2.75, 3.05) is 0 Å². The van der Waals surface area contributed by atoms with Crippen LogP contribution in [-0.2, 0) is 8.85 Å². The van der Waals surface area contributed by atoms with Crippen molar-refractivity contribution in [2.45, 2.75) is 110 Å². The molecule has 0 rings (SSSR count). The van der Waals surface area contributed by atoms with E-state index < -0.39 is 16.6 Å². The van der Waals surface area contributed by atoms with E-state index in [-0.39, 0.29) is 28.2 Å². The topological polar surface area (TPSA) is 18.5 Å². The van der Waals surface area contributed by atoms with Gasteiger partial charge in [-0.2, -0.15) is 0 Å². The first kappa shape index (κ1) is 25.7. The van der Waals surface area contributed by atoms with Crippen LogP contribution >= 0.6 is 0 Å². The fourth-order valence-electron chi connectivity index (χ4n) is 2.49. The highest BCUT2D eigenvalue weighted by molar-refractivity contribution is 6.74. The van der Waals surface area contributed by atoms with Crippen LogP contribution < -0.4 is 0 Å². The van der Waals surface area contributed by atoms with Gasteiger partial charge in [0.25, 0.3) is 0 Å². The second-order valence-electron chi connectivity index (χ2n) is 10.5. The third kappa shape index (κ3) is 6.67. The van der Waals surface area contributed by atoms with Gasteiger partial charge in [0.1, 0.15) is 0 Å². The first-order chi connectivity index (χ1) is 11.5. The molecule has 3 atom stereocenters. The molecule has 0 aliphatic heterocycles. The Labute approximate surface area is 166 Å². The average Bonchev–Trinajstić information content (AvgIpc) is 2.44. The smallest absolute Gasteiger partial charge is 0.192 e. The Bertz CT molecular complexity index is 490. The van der Waals surface area contributed by atoms with Gasteiger partial charge in [0.05, 0.1) is 12.2 Å². The summed E-state index contributed by atoms with van der Waals surface area (Å²) >= 11 is 0. The van der Waals surface area contributed by atoms with E-state index in [4.69, 9.17) is 15.3 Å². The van der Waals surface area contributed by atoms with Crippen molar-refractivity contribution in [1.29, 1.82) is 0 Å². The zero-order valence-electron chi connectivity index (χ0n) is 19.3. The predicted molar refractivity (Wildman–Crippen MR) is 122 cm³/mol. The van der Waals surface area contributed by atoms with E-state index in [1.54, 1.807) is 0 Å². The van der Waals surface area contributed by atoms with Crippen molar-refractivity contribution in [3.63, 3.8) is 0 Å². The molecule has 0 aromatic rings. The van der Waals surface area contributed by atoms with Crippen LogP contribution in [0.1, 0.15) is 61.3 Å². The lowest BCUT2D eigenvalue weighted by Crippen LogP contribution is -2.50. The maximum Gasteiger partial charge on any atom is 0.192 e. The summed E-state index contributed by atoms with van der Waals surface area (Å²) in [4.78, 5) is 0. The Morgan fingerprint density at radius 3 is 1.69 bits per heavy atom. The minimum Gasteiger partial charge on any atom is -0.413 e.